The van der Waals surface area contributed by atoms with Crippen LogP contribution in [0, 0.1) is 0 Å². The monoisotopic (exact) mass is 692 g/mol. The maximum atomic E-state index is 14.1. The molecule has 0 fully saturated rings. The summed E-state index contributed by atoms with van der Waals surface area (Å²) in [7, 11) is 3.13. The third kappa shape index (κ3) is 5.91. The Labute approximate surface area is 253 Å². The summed E-state index contributed by atoms with van der Waals surface area (Å²) in [4.78, 5) is 32.8. The predicted molar refractivity (Wildman–Crippen MR) is 162 cm³/mol. The Morgan fingerprint density at radius 3 is 2.48 bits per heavy atom. The number of thiazole rings is 1. The van der Waals surface area contributed by atoms with Gasteiger partial charge in [-0.2, -0.15) is 0 Å². The van der Waals surface area contributed by atoms with Crippen molar-refractivity contribution in [2.45, 2.75) is 39.7 Å². The highest BCUT2D eigenvalue weighted by atomic mass is 79.9. The second-order valence-corrected chi connectivity index (χ2v) is 11.5. The van der Waals surface area contributed by atoms with E-state index in [-0.39, 0.29) is 12.2 Å². The molecule has 0 aliphatic carbocycles. The van der Waals surface area contributed by atoms with Crippen molar-refractivity contribution in [3.8, 4) is 17.2 Å². The number of ether oxygens (including phenoxy) is 4. The Kier molecular flexibility index (Phi) is 9.91. The third-order valence-corrected chi connectivity index (χ3v) is 8.28. The standard InChI is InChI=1S/C29H30Br2N2O6S/c1-6-9-20-24(28(35)39-8-3)25(18-15-17(30)10-11-21(18)36-4)33-27(34)23(40-29(33)32-20)14-16-12-19(31)26(38-7-2)22(13-16)37-5/h10-15,25H,6-9H2,1-5H3/b23-14+/t25-/m1/s1. The molecule has 1 atom stereocenters. The first-order valence-electron chi connectivity index (χ1n) is 12.8. The van der Waals surface area contributed by atoms with E-state index in [0.717, 1.165) is 16.5 Å². The zero-order valence-electron chi connectivity index (χ0n) is 22.9. The van der Waals surface area contributed by atoms with Gasteiger partial charge in [-0.05, 0) is 78.2 Å². The van der Waals surface area contributed by atoms with Crippen LogP contribution in [0.1, 0.15) is 50.8 Å². The van der Waals surface area contributed by atoms with Gasteiger partial charge in [-0.3, -0.25) is 9.36 Å². The van der Waals surface area contributed by atoms with Gasteiger partial charge < -0.3 is 18.9 Å². The summed E-state index contributed by atoms with van der Waals surface area (Å²) in [5.41, 5.74) is 2.06. The molecular weight excluding hydrogens is 664 g/mol. The highest BCUT2D eigenvalue weighted by molar-refractivity contribution is 9.10. The molecule has 0 spiro atoms. The van der Waals surface area contributed by atoms with Crippen molar-refractivity contribution < 1.29 is 23.7 Å². The Morgan fingerprint density at radius 2 is 1.82 bits per heavy atom. The number of methoxy groups -OCH3 is 2. The Hall–Kier alpha value is -2.89. The third-order valence-electron chi connectivity index (χ3n) is 6.22. The van der Waals surface area contributed by atoms with E-state index in [0.29, 0.717) is 60.9 Å². The van der Waals surface area contributed by atoms with E-state index in [2.05, 4.69) is 31.9 Å². The molecule has 11 heteroatoms. The van der Waals surface area contributed by atoms with Crippen molar-refractivity contribution in [3.05, 3.63) is 81.4 Å². The van der Waals surface area contributed by atoms with Crippen molar-refractivity contribution in [3.63, 3.8) is 0 Å². The number of carbonyl (C=O) groups excluding carboxylic acids is 1. The van der Waals surface area contributed by atoms with E-state index >= 15 is 0 Å². The summed E-state index contributed by atoms with van der Waals surface area (Å²) in [5.74, 6) is 1.18. The van der Waals surface area contributed by atoms with Crippen LogP contribution in [-0.4, -0.2) is 38.0 Å². The van der Waals surface area contributed by atoms with Crippen LogP contribution in [0.4, 0.5) is 0 Å². The number of fused-ring (bicyclic) bond motifs is 1. The fourth-order valence-corrected chi connectivity index (χ4v) is 6.57. The van der Waals surface area contributed by atoms with E-state index in [1.807, 2.05) is 38.1 Å². The summed E-state index contributed by atoms with van der Waals surface area (Å²) in [5, 5.41) is 0. The van der Waals surface area contributed by atoms with Crippen LogP contribution in [0.2, 0.25) is 0 Å². The van der Waals surface area contributed by atoms with Crippen molar-refractivity contribution >= 4 is 55.2 Å². The molecule has 2 heterocycles. The molecule has 4 rings (SSSR count). The molecule has 2 aromatic carbocycles. The van der Waals surface area contributed by atoms with Gasteiger partial charge in [0.2, 0.25) is 0 Å². The molecule has 40 heavy (non-hydrogen) atoms. The Balaban J connectivity index is 2.02. The van der Waals surface area contributed by atoms with Crippen molar-refractivity contribution in [2.24, 2.45) is 4.99 Å². The number of aromatic nitrogens is 1. The van der Waals surface area contributed by atoms with Gasteiger partial charge in [-0.1, -0.05) is 40.6 Å². The summed E-state index contributed by atoms with van der Waals surface area (Å²) >= 11 is 8.36. The van der Waals surface area contributed by atoms with Crippen LogP contribution < -0.4 is 29.1 Å². The number of benzene rings is 2. The molecule has 212 valence electrons. The second-order valence-electron chi connectivity index (χ2n) is 8.77. The van der Waals surface area contributed by atoms with Gasteiger partial charge >= 0.3 is 5.97 Å². The van der Waals surface area contributed by atoms with Crippen LogP contribution in [-0.2, 0) is 9.53 Å². The van der Waals surface area contributed by atoms with E-state index in [1.54, 1.807) is 37.9 Å². The Morgan fingerprint density at radius 1 is 1.07 bits per heavy atom. The predicted octanol–water partition coefficient (Wildman–Crippen LogP) is 5.52. The zero-order valence-corrected chi connectivity index (χ0v) is 26.9. The van der Waals surface area contributed by atoms with Crippen LogP contribution in [0.25, 0.3) is 6.08 Å². The SMILES string of the molecule is CCCC1=C(C(=O)OCC)[C@@H](c2cc(Br)ccc2OC)n2c(s/c(=C/c3cc(Br)c(OCC)c(OC)c3)c2=O)=N1. The molecule has 1 aromatic heterocycles. The largest absolute Gasteiger partial charge is 0.496 e. The summed E-state index contributed by atoms with van der Waals surface area (Å²) < 4.78 is 25.9. The average Bonchev–Trinajstić information content (AvgIpc) is 3.23. The molecule has 0 bridgehead atoms. The molecule has 0 unspecified atom stereocenters. The van der Waals surface area contributed by atoms with Gasteiger partial charge in [0, 0.05) is 10.0 Å². The first-order chi connectivity index (χ1) is 19.3. The average molecular weight is 694 g/mol. The van der Waals surface area contributed by atoms with Gasteiger partial charge in [0.1, 0.15) is 11.8 Å². The lowest BCUT2D eigenvalue weighted by Gasteiger charge is -2.27. The first kappa shape index (κ1) is 30.1. The minimum Gasteiger partial charge on any atom is -0.496 e. The molecule has 1 aliphatic rings. The topological polar surface area (TPSA) is 88.4 Å². The maximum Gasteiger partial charge on any atom is 0.338 e. The van der Waals surface area contributed by atoms with E-state index in [9.17, 15) is 9.59 Å². The van der Waals surface area contributed by atoms with E-state index in [4.69, 9.17) is 23.9 Å². The number of hydrogen-bond acceptors (Lipinski definition) is 8. The fourth-order valence-electron chi connectivity index (χ4n) is 4.59. The molecular formula is C29H30Br2N2O6S. The van der Waals surface area contributed by atoms with Gasteiger partial charge in [0.15, 0.2) is 16.3 Å². The summed E-state index contributed by atoms with van der Waals surface area (Å²) in [6.45, 7) is 6.35. The van der Waals surface area contributed by atoms with Gasteiger partial charge in [-0.25, -0.2) is 9.79 Å². The van der Waals surface area contributed by atoms with Crippen LogP contribution >= 0.6 is 43.2 Å². The number of nitrogens with zero attached hydrogens (tertiary/aromatic N) is 2. The minimum absolute atomic E-state index is 0.197. The quantitative estimate of drug-likeness (QED) is 0.260. The number of halogens is 2. The first-order valence-corrected chi connectivity index (χ1v) is 15.2. The van der Waals surface area contributed by atoms with Gasteiger partial charge in [-0.15, -0.1) is 0 Å². The van der Waals surface area contributed by atoms with Crippen LogP contribution in [0.15, 0.2) is 60.3 Å². The highest BCUT2D eigenvalue weighted by Gasteiger charge is 2.36. The summed E-state index contributed by atoms with van der Waals surface area (Å²) in [6, 6.07) is 8.42. The lowest BCUT2D eigenvalue weighted by molar-refractivity contribution is -0.139. The van der Waals surface area contributed by atoms with Gasteiger partial charge in [0.05, 0.1) is 47.7 Å². The number of hydrogen-bond donors (Lipinski definition) is 0. The molecule has 0 saturated carbocycles. The summed E-state index contributed by atoms with van der Waals surface area (Å²) in [6.07, 6.45) is 3.10. The number of rotatable bonds is 10. The minimum atomic E-state index is -0.784. The van der Waals surface area contributed by atoms with Crippen molar-refractivity contribution in [1.82, 2.24) is 4.57 Å². The fraction of sp³-hybridized carbons (Fsp3) is 0.345. The van der Waals surface area contributed by atoms with Crippen molar-refractivity contribution in [2.75, 3.05) is 27.4 Å². The maximum absolute atomic E-state index is 14.1. The second kappa shape index (κ2) is 13.2. The number of allylic oxidation sites excluding steroid dienone is 1. The van der Waals surface area contributed by atoms with Gasteiger partial charge in [0.25, 0.3) is 5.56 Å². The number of carbonyl (C=O) groups is 1. The molecule has 0 radical (unpaired) electrons. The zero-order chi connectivity index (χ0) is 29.0. The number of esters is 1. The highest BCUT2D eigenvalue weighted by Crippen LogP contribution is 2.39. The smallest absolute Gasteiger partial charge is 0.338 e. The molecule has 0 saturated heterocycles. The lowest BCUT2D eigenvalue weighted by atomic mass is 9.93. The Bertz CT molecular complexity index is 1640. The van der Waals surface area contributed by atoms with E-state index in [1.165, 1.54) is 11.3 Å². The molecule has 3 aromatic rings. The lowest BCUT2D eigenvalue weighted by Crippen LogP contribution is -2.40. The molecule has 1 aliphatic heterocycles. The molecule has 0 amide bonds. The molecule has 8 nitrogen and oxygen atoms in total. The van der Waals surface area contributed by atoms with E-state index < -0.39 is 12.0 Å². The van der Waals surface area contributed by atoms with Crippen LogP contribution in [0.5, 0.6) is 17.2 Å². The normalized spacial score (nSPS) is 15.0. The van der Waals surface area contributed by atoms with Crippen LogP contribution in [0.3, 0.4) is 0 Å². The van der Waals surface area contributed by atoms with Crippen molar-refractivity contribution in [1.29, 1.82) is 0 Å². The molecule has 0 N–H and O–H groups in total.